The fraction of sp³-hybridized carbons (Fsp3) is 0.889. The number of nitrogens with two attached hydrogens (primary N) is 1. The van der Waals surface area contributed by atoms with E-state index in [2.05, 4.69) is 0 Å². The van der Waals surface area contributed by atoms with Gasteiger partial charge in [-0.05, 0) is 25.7 Å². The summed E-state index contributed by atoms with van der Waals surface area (Å²) in [5.74, 6) is -1.29. The summed E-state index contributed by atoms with van der Waals surface area (Å²) in [6.45, 7) is 2.09. The van der Waals surface area contributed by atoms with Crippen LogP contribution in [0.15, 0.2) is 0 Å². The summed E-state index contributed by atoms with van der Waals surface area (Å²) >= 11 is 0. The van der Waals surface area contributed by atoms with Gasteiger partial charge in [-0.25, -0.2) is 0 Å². The maximum absolute atomic E-state index is 12.6. The molecule has 0 aliphatic rings. The first-order chi connectivity index (χ1) is 15.0. The Labute approximate surface area is 188 Å². The lowest BCUT2D eigenvalue weighted by molar-refractivity contribution is -0.151. The van der Waals surface area contributed by atoms with Gasteiger partial charge in [0.2, 0.25) is 13.6 Å². The minimum Gasteiger partial charge on any atom is -0.438 e. The minimum atomic E-state index is -4.88. The highest BCUT2D eigenvalue weighted by Crippen LogP contribution is 2.66. The van der Waals surface area contributed by atoms with E-state index in [0.29, 0.717) is 12.8 Å². The second-order valence-corrected chi connectivity index (χ2v) is 11.6. The molecule has 3 atom stereocenters. The lowest BCUT2D eigenvalue weighted by Crippen LogP contribution is -2.23. The molecule has 0 saturated heterocycles. The van der Waals surface area contributed by atoms with Crippen molar-refractivity contribution in [1.82, 2.24) is 0 Å². The third-order valence-corrected chi connectivity index (χ3v) is 9.08. The lowest BCUT2D eigenvalue weighted by Gasteiger charge is -2.26. The maximum Gasteiger partial charge on any atom is 0.346 e. The van der Waals surface area contributed by atoms with Gasteiger partial charge in [0.1, 0.15) is 6.23 Å². The number of hydrogen-bond acceptors (Lipinski definition) is 10. The van der Waals surface area contributed by atoms with Crippen molar-refractivity contribution in [3.05, 3.63) is 0 Å². The van der Waals surface area contributed by atoms with Gasteiger partial charge in [0, 0.05) is 12.8 Å². The minimum absolute atomic E-state index is 0.0982. The number of aliphatic hydroxyl groups is 1. The average Bonchev–Trinajstić information content (AvgIpc) is 2.67. The Morgan fingerprint density at radius 2 is 1.22 bits per heavy atom. The molecular formula is C18H37NO11P2. The zero-order valence-electron chi connectivity index (χ0n) is 18.7. The Balaban J connectivity index is 4.91. The summed E-state index contributed by atoms with van der Waals surface area (Å²) in [5.41, 5.74) is 5.22. The van der Waals surface area contributed by atoms with Gasteiger partial charge in [0.15, 0.2) is 5.40 Å². The average molecular weight is 505 g/mol. The molecular weight excluding hydrogens is 468 g/mol. The van der Waals surface area contributed by atoms with Crippen molar-refractivity contribution in [3.63, 3.8) is 0 Å². The van der Waals surface area contributed by atoms with E-state index < -0.39 is 58.8 Å². The number of rotatable bonds is 19. The maximum atomic E-state index is 12.6. The van der Waals surface area contributed by atoms with Crippen LogP contribution in [0.5, 0.6) is 0 Å². The van der Waals surface area contributed by atoms with Crippen LogP contribution in [0.4, 0.5) is 0 Å². The van der Waals surface area contributed by atoms with E-state index in [1.165, 1.54) is 0 Å². The smallest absolute Gasteiger partial charge is 0.346 e. The molecule has 0 aromatic rings. The number of unbranched alkanes of at least 4 members (excludes halogenated alkanes) is 4. The molecule has 32 heavy (non-hydrogen) atoms. The van der Waals surface area contributed by atoms with E-state index in [-0.39, 0.29) is 19.3 Å². The Hall–Kier alpha value is -0.840. The number of carbonyl (C=O) groups excluding carboxylic acids is 2. The molecule has 0 fully saturated rings. The van der Waals surface area contributed by atoms with E-state index in [9.17, 15) is 33.6 Å². The van der Waals surface area contributed by atoms with Crippen molar-refractivity contribution in [2.45, 2.75) is 89.7 Å². The molecule has 14 heteroatoms. The predicted octanol–water partition coefficient (Wildman–Crippen LogP) is 2.94. The first-order valence-corrected chi connectivity index (χ1v) is 13.9. The highest BCUT2D eigenvalue weighted by Gasteiger charge is 2.47. The normalized spacial score (nSPS) is 17.1. The van der Waals surface area contributed by atoms with Crippen LogP contribution in [0.1, 0.15) is 78.1 Å². The molecule has 0 bridgehead atoms. The van der Waals surface area contributed by atoms with Gasteiger partial charge < -0.3 is 30.1 Å². The van der Waals surface area contributed by atoms with E-state index >= 15 is 0 Å². The highest BCUT2D eigenvalue weighted by molar-refractivity contribution is 7.71. The summed E-state index contributed by atoms with van der Waals surface area (Å²) in [7, 11) is -9.75. The molecule has 0 aromatic carbocycles. The molecule has 12 nitrogen and oxygen atoms in total. The highest BCUT2D eigenvalue weighted by atomic mass is 31.2. The van der Waals surface area contributed by atoms with Crippen molar-refractivity contribution in [1.29, 1.82) is 0 Å². The van der Waals surface area contributed by atoms with Gasteiger partial charge in [-0.2, -0.15) is 0 Å². The second kappa shape index (κ2) is 16.7. The predicted molar refractivity (Wildman–Crippen MR) is 115 cm³/mol. The van der Waals surface area contributed by atoms with Crippen LogP contribution in [0.3, 0.4) is 0 Å². The van der Waals surface area contributed by atoms with Gasteiger partial charge in [0.25, 0.3) is 0 Å². The van der Waals surface area contributed by atoms with E-state index in [1.54, 1.807) is 0 Å². The van der Waals surface area contributed by atoms with E-state index in [1.807, 2.05) is 13.8 Å². The van der Waals surface area contributed by atoms with Crippen molar-refractivity contribution < 1.29 is 52.1 Å². The van der Waals surface area contributed by atoms with Crippen LogP contribution in [0, 0.1) is 0 Å². The Bertz CT molecular complexity index is 596. The molecule has 190 valence electrons. The van der Waals surface area contributed by atoms with Gasteiger partial charge in [-0.15, -0.1) is 0 Å². The Morgan fingerprint density at radius 3 is 1.56 bits per heavy atom. The standard InChI is InChI=1S/C18H37NO11P2/c1-3-5-7-9-16(21)27-13-29-31(23,24)18(12-11-15(19)20)32(25,26)30-14-28-17(22)10-8-6-4-2/h15,18,20H,3-14,19H2,1-2H3,(H,23,24)(H,25,26). The molecule has 0 spiro atoms. The summed E-state index contributed by atoms with van der Waals surface area (Å²) in [6.07, 6.45) is 2.51. The van der Waals surface area contributed by atoms with Crippen molar-refractivity contribution >= 4 is 27.1 Å². The molecule has 0 aliphatic heterocycles. The van der Waals surface area contributed by atoms with Crippen LogP contribution in [-0.4, -0.2) is 52.0 Å². The molecule has 5 N–H and O–H groups in total. The van der Waals surface area contributed by atoms with Gasteiger partial charge in [-0.1, -0.05) is 39.5 Å². The number of ether oxygens (including phenoxy) is 2. The zero-order chi connectivity index (χ0) is 24.6. The van der Waals surface area contributed by atoms with Crippen molar-refractivity contribution in [3.8, 4) is 0 Å². The Morgan fingerprint density at radius 1 is 0.812 bits per heavy atom. The van der Waals surface area contributed by atoms with Crippen LogP contribution in [0.25, 0.3) is 0 Å². The van der Waals surface area contributed by atoms with Crippen LogP contribution in [-0.2, 0) is 37.2 Å². The summed E-state index contributed by atoms with van der Waals surface area (Å²) in [5, 5.41) is 7.24. The second-order valence-electron chi connectivity index (χ2n) is 7.19. The first-order valence-electron chi connectivity index (χ1n) is 10.6. The first kappa shape index (κ1) is 31.2. The summed E-state index contributed by atoms with van der Waals surface area (Å²) in [4.78, 5) is 43.6. The fourth-order valence-electron chi connectivity index (χ4n) is 2.52. The van der Waals surface area contributed by atoms with E-state index in [4.69, 9.17) is 24.3 Å². The molecule has 3 unspecified atom stereocenters. The van der Waals surface area contributed by atoms with Crippen molar-refractivity contribution in [2.24, 2.45) is 5.73 Å². The van der Waals surface area contributed by atoms with Gasteiger partial charge in [-0.3, -0.25) is 27.8 Å². The number of hydrogen-bond donors (Lipinski definition) is 4. The third kappa shape index (κ3) is 14.3. The molecule has 0 rings (SSSR count). The number of esters is 2. The lowest BCUT2D eigenvalue weighted by atomic mass is 10.2. The Kier molecular flexibility index (Phi) is 16.3. The van der Waals surface area contributed by atoms with Gasteiger partial charge >= 0.3 is 27.1 Å². The van der Waals surface area contributed by atoms with Crippen LogP contribution >= 0.6 is 15.2 Å². The topological polar surface area (TPSA) is 192 Å². The van der Waals surface area contributed by atoms with E-state index in [0.717, 1.165) is 25.7 Å². The number of aliphatic hydroxyl groups excluding tert-OH is 1. The summed E-state index contributed by atoms with van der Waals surface area (Å²) in [6, 6.07) is 0. The molecule has 0 radical (unpaired) electrons. The third-order valence-electron chi connectivity index (χ3n) is 4.36. The largest absolute Gasteiger partial charge is 0.438 e. The molecule has 0 heterocycles. The van der Waals surface area contributed by atoms with Crippen LogP contribution < -0.4 is 5.73 Å². The fourth-order valence-corrected chi connectivity index (χ4v) is 6.10. The molecule has 0 amide bonds. The quantitative estimate of drug-likeness (QED) is 0.0869. The SMILES string of the molecule is CCCCCC(=O)OCOP(=O)(O)C(CCC(N)O)P(=O)(O)OCOC(=O)CCCCC. The summed E-state index contributed by atoms with van der Waals surface area (Å²) < 4.78 is 44.0. The number of carbonyl (C=O) groups is 2. The zero-order valence-corrected chi connectivity index (χ0v) is 20.5. The van der Waals surface area contributed by atoms with Gasteiger partial charge in [0.05, 0.1) is 0 Å². The monoisotopic (exact) mass is 505 g/mol. The molecule has 0 aliphatic carbocycles. The molecule has 0 saturated carbocycles. The molecule has 0 aromatic heterocycles. The van der Waals surface area contributed by atoms with Crippen molar-refractivity contribution in [2.75, 3.05) is 13.6 Å². The van der Waals surface area contributed by atoms with Crippen LogP contribution in [0.2, 0.25) is 0 Å².